The summed E-state index contributed by atoms with van der Waals surface area (Å²) in [6, 6.07) is 3.50. The number of carbonyl (C=O) groups is 1. The lowest BCUT2D eigenvalue weighted by Gasteiger charge is -2.01. The highest BCUT2D eigenvalue weighted by Crippen LogP contribution is 2.17. The van der Waals surface area contributed by atoms with Crippen LogP contribution in [-0.4, -0.2) is 30.8 Å². The second kappa shape index (κ2) is 8.20. The van der Waals surface area contributed by atoms with Gasteiger partial charge >= 0.3 is 18.2 Å². The van der Waals surface area contributed by atoms with Gasteiger partial charge in [0.1, 0.15) is 16.9 Å². The van der Waals surface area contributed by atoms with Gasteiger partial charge in [-0.15, -0.1) is 16.7 Å². The molecular weight excluding hydrogens is 374 g/mol. The summed E-state index contributed by atoms with van der Waals surface area (Å²) in [6.45, 7) is -0.386. The summed E-state index contributed by atoms with van der Waals surface area (Å²) in [5.41, 5.74) is -1.34. The number of halogens is 5. The third-order valence-electron chi connectivity index (χ3n) is 2.65. The second-order valence-corrected chi connectivity index (χ2v) is 5.53. The number of nitrogens with zero attached hydrogens (tertiary/aromatic N) is 3. The van der Waals surface area contributed by atoms with Crippen LogP contribution in [0, 0.1) is 12.7 Å². The molecule has 0 aliphatic carbocycles. The van der Waals surface area contributed by atoms with Crippen LogP contribution in [0.15, 0.2) is 23.0 Å². The van der Waals surface area contributed by atoms with Gasteiger partial charge in [0.2, 0.25) is 0 Å². The smallest absolute Gasteiger partial charge is 0.355 e. The fraction of sp³-hybridized carbons (Fsp3) is 0.308. The van der Waals surface area contributed by atoms with E-state index in [0.717, 1.165) is 6.07 Å². The summed E-state index contributed by atoms with van der Waals surface area (Å²) in [5.74, 6) is -2.00. The van der Waals surface area contributed by atoms with Crippen LogP contribution in [0.2, 0.25) is 5.02 Å². The van der Waals surface area contributed by atoms with Gasteiger partial charge in [-0.2, -0.15) is 13.5 Å². The molecule has 1 aromatic heterocycles. The highest BCUT2D eigenvalue weighted by molar-refractivity contribution is 6.30. The maximum Gasteiger partial charge on any atom is 0.355 e. The number of hydrogen-bond donors (Lipinski definition) is 1. The molecule has 6 nitrogen and oxygen atoms in total. The Morgan fingerprint density at radius 2 is 1.92 bits per heavy atom. The molecule has 0 saturated carbocycles. The van der Waals surface area contributed by atoms with Gasteiger partial charge in [0, 0.05) is 5.02 Å². The topological polar surface area (TPSA) is 77.1 Å². The summed E-state index contributed by atoms with van der Waals surface area (Å²) in [5, 5.41) is 10.8. The molecule has 2 aromatic rings. The van der Waals surface area contributed by atoms with Crippen LogP contribution in [0.3, 0.4) is 0 Å². The number of carboxylic acids is 1. The molecule has 1 heterocycles. The van der Waals surface area contributed by atoms with Crippen molar-refractivity contribution in [2.45, 2.75) is 25.8 Å². The van der Waals surface area contributed by atoms with Crippen LogP contribution >= 0.6 is 23.2 Å². The highest BCUT2D eigenvalue weighted by atomic mass is 35.5. The van der Waals surface area contributed by atoms with E-state index in [1.54, 1.807) is 0 Å². The number of rotatable bonds is 3. The molecule has 0 fully saturated rings. The van der Waals surface area contributed by atoms with Crippen molar-refractivity contribution in [3.63, 3.8) is 0 Å². The first-order chi connectivity index (χ1) is 11.1. The van der Waals surface area contributed by atoms with Crippen LogP contribution in [0.5, 0.6) is 0 Å². The minimum absolute atomic E-state index is 0.134. The molecule has 0 bridgehead atoms. The molecule has 0 radical (unpaired) electrons. The number of aliphatic carboxylic acids is 1. The summed E-state index contributed by atoms with van der Waals surface area (Å²) in [6.07, 6.45) is 0. The molecule has 0 amide bonds. The van der Waals surface area contributed by atoms with Gasteiger partial charge in [0.15, 0.2) is 5.82 Å². The molecule has 132 valence electrons. The number of aryl methyl sites for hydroxylation is 1. The van der Waals surface area contributed by atoms with Gasteiger partial charge in [0.05, 0.1) is 0 Å². The summed E-state index contributed by atoms with van der Waals surface area (Å²) >= 11 is 10.6. The van der Waals surface area contributed by atoms with Gasteiger partial charge in [-0.25, -0.2) is 13.8 Å². The maximum absolute atomic E-state index is 13.6. The lowest BCUT2D eigenvalue weighted by atomic mass is 10.3. The largest absolute Gasteiger partial charge is 0.480 e. The highest BCUT2D eigenvalue weighted by Gasteiger charge is 2.19. The molecule has 0 spiro atoms. The van der Waals surface area contributed by atoms with Crippen molar-refractivity contribution in [3.8, 4) is 5.69 Å². The van der Waals surface area contributed by atoms with Crippen LogP contribution in [-0.2, 0) is 4.79 Å². The monoisotopic (exact) mass is 385 g/mol. The fourth-order valence-corrected chi connectivity index (χ4v) is 1.67. The van der Waals surface area contributed by atoms with Crippen LogP contribution in [0.4, 0.5) is 13.2 Å². The molecule has 11 heteroatoms. The van der Waals surface area contributed by atoms with Gasteiger partial charge in [-0.3, -0.25) is 4.79 Å². The molecule has 0 aliphatic heterocycles. The Bertz CT molecular complexity index is 790. The summed E-state index contributed by atoms with van der Waals surface area (Å²) < 4.78 is 39.5. The number of aromatic nitrogens is 3. The van der Waals surface area contributed by atoms with Gasteiger partial charge < -0.3 is 5.11 Å². The van der Waals surface area contributed by atoms with E-state index in [4.69, 9.17) is 28.3 Å². The molecule has 0 saturated heterocycles. The minimum atomic E-state index is -3.03. The molecule has 0 aliphatic rings. The quantitative estimate of drug-likeness (QED) is 0.822. The standard InChI is InChI=1S/C10H7ClF3N3O.C3H5ClO2/c1-5-15-17(10(18)16(5)9(13)14)8-3-2-6(11)4-7(8)12;1-2(4)3(5)6/h2-4,9H,1H3;2H,1H3,(H,5,6). The predicted molar refractivity (Wildman–Crippen MR) is 81.7 cm³/mol. The number of alkyl halides is 3. The average molecular weight is 386 g/mol. The Kier molecular flexibility index (Phi) is 6.85. The van der Waals surface area contributed by atoms with Crippen molar-refractivity contribution in [3.05, 3.63) is 45.3 Å². The maximum atomic E-state index is 13.6. The molecule has 2 rings (SSSR count). The Hall–Kier alpha value is -2.00. The third kappa shape index (κ3) is 4.75. The van der Waals surface area contributed by atoms with E-state index in [1.165, 1.54) is 26.0 Å². The second-order valence-electron chi connectivity index (χ2n) is 4.44. The van der Waals surface area contributed by atoms with Crippen molar-refractivity contribution in [2.75, 3.05) is 0 Å². The van der Waals surface area contributed by atoms with E-state index >= 15 is 0 Å². The zero-order chi connectivity index (χ0) is 18.6. The van der Waals surface area contributed by atoms with Crippen molar-refractivity contribution in [1.82, 2.24) is 14.3 Å². The Labute approximate surface area is 144 Å². The zero-order valence-electron chi connectivity index (χ0n) is 12.4. The molecular formula is C13H12Cl2F3N3O3. The van der Waals surface area contributed by atoms with Gasteiger partial charge in [0.25, 0.3) is 0 Å². The first kappa shape index (κ1) is 20.0. The van der Waals surface area contributed by atoms with E-state index < -0.39 is 29.4 Å². The SMILES string of the molecule is CC(Cl)C(=O)O.Cc1nn(-c2ccc(Cl)cc2F)c(=O)n1C(F)F. The van der Waals surface area contributed by atoms with E-state index in [9.17, 15) is 22.8 Å². The van der Waals surface area contributed by atoms with Crippen molar-refractivity contribution >= 4 is 29.2 Å². The first-order valence-corrected chi connectivity index (χ1v) is 7.16. The van der Waals surface area contributed by atoms with Crippen LogP contribution in [0.25, 0.3) is 5.69 Å². The van der Waals surface area contributed by atoms with E-state index in [-0.39, 0.29) is 21.1 Å². The number of hydrogen-bond acceptors (Lipinski definition) is 3. The molecule has 1 unspecified atom stereocenters. The number of benzene rings is 1. The Balaban J connectivity index is 0.000000413. The fourth-order valence-electron chi connectivity index (χ4n) is 1.51. The van der Waals surface area contributed by atoms with E-state index in [1.807, 2.05) is 0 Å². The zero-order valence-corrected chi connectivity index (χ0v) is 13.9. The minimum Gasteiger partial charge on any atom is -0.480 e. The van der Waals surface area contributed by atoms with E-state index in [0.29, 0.717) is 4.68 Å². The third-order valence-corrected chi connectivity index (χ3v) is 3.08. The summed E-state index contributed by atoms with van der Waals surface area (Å²) in [7, 11) is 0. The van der Waals surface area contributed by atoms with Crippen molar-refractivity contribution < 1.29 is 23.1 Å². The average Bonchev–Trinajstić information content (AvgIpc) is 2.74. The lowest BCUT2D eigenvalue weighted by molar-refractivity contribution is -0.136. The normalized spacial score (nSPS) is 11.8. The van der Waals surface area contributed by atoms with Crippen molar-refractivity contribution in [2.24, 2.45) is 0 Å². The molecule has 1 atom stereocenters. The Morgan fingerprint density at radius 1 is 1.38 bits per heavy atom. The van der Waals surface area contributed by atoms with Crippen LogP contribution < -0.4 is 5.69 Å². The first-order valence-electron chi connectivity index (χ1n) is 6.34. The van der Waals surface area contributed by atoms with Gasteiger partial charge in [-0.1, -0.05) is 11.6 Å². The summed E-state index contributed by atoms with van der Waals surface area (Å²) in [4.78, 5) is 21.2. The predicted octanol–water partition coefficient (Wildman–Crippen LogP) is 3.23. The lowest BCUT2D eigenvalue weighted by Crippen LogP contribution is -2.25. The van der Waals surface area contributed by atoms with Gasteiger partial charge in [-0.05, 0) is 32.0 Å². The van der Waals surface area contributed by atoms with Crippen molar-refractivity contribution in [1.29, 1.82) is 0 Å². The molecule has 1 N–H and O–H groups in total. The Morgan fingerprint density at radius 3 is 2.29 bits per heavy atom. The molecule has 1 aromatic carbocycles. The molecule has 24 heavy (non-hydrogen) atoms. The van der Waals surface area contributed by atoms with E-state index in [2.05, 4.69) is 5.10 Å². The number of carboxylic acid groups (broad SMARTS) is 1. The van der Waals surface area contributed by atoms with Crippen LogP contribution in [0.1, 0.15) is 19.3 Å².